The molecule has 0 atom stereocenters. The van der Waals surface area contributed by atoms with Crippen LogP contribution < -0.4 is 15.4 Å². The van der Waals surface area contributed by atoms with Gasteiger partial charge in [-0.15, -0.1) is 24.8 Å². The Kier molecular flexibility index (Phi) is 10.3. The average Bonchev–Trinajstić information content (AvgIpc) is 2.69. The normalized spacial score (nSPS) is 14.2. The van der Waals surface area contributed by atoms with E-state index in [1.807, 2.05) is 0 Å². The van der Waals surface area contributed by atoms with E-state index in [1.54, 1.807) is 12.1 Å². The van der Waals surface area contributed by atoms with Gasteiger partial charge in [-0.2, -0.15) is 0 Å². The zero-order valence-electron chi connectivity index (χ0n) is 15.7. The molecule has 0 aliphatic carbocycles. The number of halogens is 2. The first-order chi connectivity index (χ1) is 13.0. The molecule has 1 amide bonds. The summed E-state index contributed by atoms with van der Waals surface area (Å²) in [7, 11) is -3.71. The quantitative estimate of drug-likeness (QED) is 0.574. The van der Waals surface area contributed by atoms with Crippen molar-refractivity contribution in [2.45, 2.75) is 4.90 Å². The molecular weight excluding hydrogens is 437 g/mol. The zero-order valence-corrected chi connectivity index (χ0v) is 18.2. The van der Waals surface area contributed by atoms with Gasteiger partial charge in [0, 0.05) is 57.2 Å². The maximum Gasteiger partial charge on any atom is 0.261 e. The Morgan fingerprint density at radius 2 is 1.66 bits per heavy atom. The summed E-state index contributed by atoms with van der Waals surface area (Å²) in [6, 6.07) is 9.02. The Hall–Kier alpha value is -1.91. The molecule has 3 rings (SSSR count). The van der Waals surface area contributed by atoms with Crippen LogP contribution in [0.15, 0.2) is 53.7 Å². The number of sulfonamides is 1. The molecule has 8 nitrogen and oxygen atoms in total. The van der Waals surface area contributed by atoms with Crippen LogP contribution in [0, 0.1) is 0 Å². The van der Waals surface area contributed by atoms with Crippen molar-refractivity contribution in [3.8, 4) is 0 Å². The molecule has 2 heterocycles. The molecule has 0 saturated carbocycles. The number of pyridine rings is 1. The lowest BCUT2D eigenvalue weighted by Crippen LogP contribution is -2.46. The predicted octanol–water partition coefficient (Wildman–Crippen LogP) is 1.36. The maximum atomic E-state index is 12.4. The third-order valence-corrected chi connectivity index (χ3v) is 5.68. The summed E-state index contributed by atoms with van der Waals surface area (Å²) in [6.07, 6.45) is 3.01. The van der Waals surface area contributed by atoms with Crippen molar-refractivity contribution < 1.29 is 13.2 Å². The molecule has 0 bridgehead atoms. The van der Waals surface area contributed by atoms with Gasteiger partial charge in [-0.1, -0.05) is 0 Å². The molecule has 1 aromatic heterocycles. The second-order valence-corrected chi connectivity index (χ2v) is 7.90. The molecule has 1 aliphatic heterocycles. The first kappa shape index (κ1) is 25.1. The van der Waals surface area contributed by atoms with E-state index in [0.29, 0.717) is 17.8 Å². The van der Waals surface area contributed by atoms with Gasteiger partial charge in [0.1, 0.15) is 0 Å². The molecule has 0 unspecified atom stereocenters. The predicted molar refractivity (Wildman–Crippen MR) is 118 cm³/mol. The molecule has 3 N–H and O–H groups in total. The number of carbonyl (C=O) groups excluding carboxylic acids is 1. The minimum atomic E-state index is -3.71. The van der Waals surface area contributed by atoms with Gasteiger partial charge in [0.2, 0.25) is 0 Å². The second-order valence-electron chi connectivity index (χ2n) is 6.21. The molecule has 29 heavy (non-hydrogen) atoms. The van der Waals surface area contributed by atoms with Crippen molar-refractivity contribution in [2.75, 3.05) is 44.0 Å². The number of piperazine rings is 1. The Bertz CT molecular complexity index is 861. The van der Waals surface area contributed by atoms with Crippen LogP contribution in [0.1, 0.15) is 10.4 Å². The van der Waals surface area contributed by atoms with Crippen LogP contribution in [0.4, 0.5) is 5.69 Å². The third kappa shape index (κ3) is 7.45. The van der Waals surface area contributed by atoms with Gasteiger partial charge in [0.25, 0.3) is 15.9 Å². The molecular formula is C18H25Cl2N5O3S. The van der Waals surface area contributed by atoms with E-state index in [1.165, 1.54) is 36.7 Å². The highest BCUT2D eigenvalue weighted by Crippen LogP contribution is 2.15. The lowest BCUT2D eigenvalue weighted by Gasteiger charge is -2.27. The Labute approximate surface area is 183 Å². The van der Waals surface area contributed by atoms with Crippen molar-refractivity contribution in [2.24, 2.45) is 0 Å². The topological polar surface area (TPSA) is 103 Å². The average molecular weight is 462 g/mol. The van der Waals surface area contributed by atoms with E-state index >= 15 is 0 Å². The molecule has 1 fully saturated rings. The number of hydrogen-bond donors (Lipinski definition) is 3. The lowest BCUT2D eigenvalue weighted by molar-refractivity contribution is 0.0947. The summed E-state index contributed by atoms with van der Waals surface area (Å²) >= 11 is 0. The smallest absolute Gasteiger partial charge is 0.261 e. The number of hydrogen-bond acceptors (Lipinski definition) is 6. The van der Waals surface area contributed by atoms with Gasteiger partial charge < -0.3 is 10.6 Å². The standard InChI is InChI=1S/C18H23N5O3S.2ClH/c24-18(21-11-14-23-12-9-20-10-13-23)15-1-3-17(4-2-15)27(25,26)22-16-5-7-19-8-6-16;;/h1-8,20H,9-14H2,(H,19,22)(H,21,24);2*1H. The number of amides is 1. The fourth-order valence-corrected chi connectivity index (χ4v) is 3.84. The SMILES string of the molecule is Cl.Cl.O=C(NCCN1CCNCC1)c1ccc(S(=O)(=O)Nc2ccncc2)cc1. The van der Waals surface area contributed by atoms with Crippen molar-refractivity contribution in [3.63, 3.8) is 0 Å². The van der Waals surface area contributed by atoms with Crippen molar-refractivity contribution in [1.82, 2.24) is 20.5 Å². The monoisotopic (exact) mass is 461 g/mol. The summed E-state index contributed by atoms with van der Waals surface area (Å²) in [5.74, 6) is -0.212. The number of carbonyl (C=O) groups is 1. The van der Waals surface area contributed by atoms with Gasteiger partial charge in [-0.3, -0.25) is 19.4 Å². The molecule has 1 aliphatic rings. The largest absolute Gasteiger partial charge is 0.351 e. The minimum Gasteiger partial charge on any atom is -0.351 e. The Balaban J connectivity index is 0.00000210. The minimum absolute atomic E-state index is 0. The van der Waals surface area contributed by atoms with Crippen LogP contribution in [-0.2, 0) is 10.0 Å². The molecule has 11 heteroatoms. The highest BCUT2D eigenvalue weighted by Gasteiger charge is 2.15. The van der Waals surface area contributed by atoms with Crippen LogP contribution in [0.5, 0.6) is 0 Å². The summed E-state index contributed by atoms with van der Waals surface area (Å²) in [6.45, 7) is 5.26. The molecule has 0 spiro atoms. The number of rotatable bonds is 7. The van der Waals surface area contributed by atoms with E-state index in [0.717, 1.165) is 32.7 Å². The first-order valence-corrected chi connectivity index (χ1v) is 10.3. The third-order valence-electron chi connectivity index (χ3n) is 4.28. The Morgan fingerprint density at radius 1 is 1.03 bits per heavy atom. The number of nitrogens with zero attached hydrogens (tertiary/aromatic N) is 2. The van der Waals surface area contributed by atoms with Crippen LogP contribution in [0.2, 0.25) is 0 Å². The summed E-state index contributed by atoms with van der Waals surface area (Å²) < 4.78 is 27.2. The maximum absolute atomic E-state index is 12.4. The zero-order chi connectivity index (χ0) is 19.1. The van der Waals surface area contributed by atoms with E-state index < -0.39 is 10.0 Å². The fraction of sp³-hybridized carbons (Fsp3) is 0.333. The van der Waals surface area contributed by atoms with Gasteiger partial charge in [-0.05, 0) is 36.4 Å². The van der Waals surface area contributed by atoms with Crippen LogP contribution in [0.25, 0.3) is 0 Å². The highest BCUT2D eigenvalue weighted by molar-refractivity contribution is 7.92. The number of aromatic nitrogens is 1. The van der Waals surface area contributed by atoms with E-state index in [-0.39, 0.29) is 35.6 Å². The van der Waals surface area contributed by atoms with Gasteiger partial charge in [0.05, 0.1) is 10.6 Å². The summed E-state index contributed by atoms with van der Waals surface area (Å²) in [5, 5.41) is 6.16. The molecule has 0 radical (unpaired) electrons. The van der Waals surface area contributed by atoms with Gasteiger partial charge >= 0.3 is 0 Å². The number of benzene rings is 1. The van der Waals surface area contributed by atoms with Crippen LogP contribution in [0.3, 0.4) is 0 Å². The van der Waals surface area contributed by atoms with Crippen LogP contribution in [-0.4, -0.2) is 63.5 Å². The Morgan fingerprint density at radius 3 is 2.28 bits per heavy atom. The van der Waals surface area contributed by atoms with E-state index in [9.17, 15) is 13.2 Å². The van der Waals surface area contributed by atoms with Crippen molar-refractivity contribution >= 4 is 46.4 Å². The van der Waals surface area contributed by atoms with E-state index in [2.05, 4.69) is 25.2 Å². The number of anilines is 1. The van der Waals surface area contributed by atoms with E-state index in [4.69, 9.17) is 0 Å². The summed E-state index contributed by atoms with van der Waals surface area (Å²) in [5.41, 5.74) is 0.859. The lowest BCUT2D eigenvalue weighted by atomic mass is 10.2. The summed E-state index contributed by atoms with van der Waals surface area (Å²) in [4.78, 5) is 18.5. The highest BCUT2D eigenvalue weighted by atomic mass is 35.5. The first-order valence-electron chi connectivity index (χ1n) is 8.79. The van der Waals surface area contributed by atoms with Gasteiger partial charge in [-0.25, -0.2) is 8.42 Å². The second kappa shape index (κ2) is 11.9. The molecule has 2 aromatic rings. The fourth-order valence-electron chi connectivity index (χ4n) is 2.78. The van der Waals surface area contributed by atoms with Crippen molar-refractivity contribution in [1.29, 1.82) is 0 Å². The molecule has 1 aromatic carbocycles. The van der Waals surface area contributed by atoms with Crippen molar-refractivity contribution in [3.05, 3.63) is 54.4 Å². The van der Waals surface area contributed by atoms with Crippen LogP contribution >= 0.6 is 24.8 Å². The molecule has 160 valence electrons. The molecule has 1 saturated heterocycles. The number of nitrogens with one attached hydrogen (secondary N) is 3. The van der Waals surface area contributed by atoms with Gasteiger partial charge in [0.15, 0.2) is 0 Å².